The van der Waals surface area contributed by atoms with Crippen LogP contribution >= 0.6 is 23.2 Å². The van der Waals surface area contributed by atoms with Crippen LogP contribution in [0.1, 0.15) is 12.8 Å². The third-order valence-electron chi connectivity index (χ3n) is 4.09. The van der Waals surface area contributed by atoms with Crippen LogP contribution in [0.25, 0.3) is 0 Å². The minimum Gasteiger partial charge on any atom is -0.396 e. The van der Waals surface area contributed by atoms with Crippen molar-refractivity contribution in [3.05, 3.63) is 40.8 Å². The summed E-state index contributed by atoms with van der Waals surface area (Å²) in [5, 5.41) is 3.52. The maximum atomic E-state index is 12.4. The molecule has 0 bridgehead atoms. The molecule has 8 heteroatoms. The van der Waals surface area contributed by atoms with Crippen molar-refractivity contribution in [2.75, 3.05) is 29.0 Å². The Morgan fingerprint density at radius 1 is 1.21 bits per heavy atom. The standard InChI is InChI=1S/C16H17Cl2N5O/c17-12-7-11(8-13(18)15(12)19)22-16(24)10-1-5-23(6-2-10)14-9-20-3-4-21-14/h3-4,7-10H,1-2,5-6,19H2,(H,22,24). The molecule has 1 aliphatic heterocycles. The van der Waals surface area contributed by atoms with Gasteiger partial charge in [0.25, 0.3) is 0 Å². The van der Waals surface area contributed by atoms with Crippen LogP contribution in [-0.2, 0) is 4.79 Å². The first-order valence-electron chi connectivity index (χ1n) is 7.61. The second kappa shape index (κ2) is 7.23. The minimum absolute atomic E-state index is 0.0364. The number of rotatable bonds is 3. The van der Waals surface area contributed by atoms with Gasteiger partial charge in [0.15, 0.2) is 0 Å². The lowest BCUT2D eigenvalue weighted by molar-refractivity contribution is -0.120. The average molecular weight is 366 g/mol. The van der Waals surface area contributed by atoms with Crippen molar-refractivity contribution in [2.45, 2.75) is 12.8 Å². The van der Waals surface area contributed by atoms with Crippen LogP contribution in [-0.4, -0.2) is 29.0 Å². The number of nitrogens with two attached hydrogens (primary N) is 1. The number of anilines is 3. The molecular weight excluding hydrogens is 349 g/mol. The molecule has 1 aromatic carbocycles. The molecule has 1 aliphatic rings. The third kappa shape index (κ3) is 3.71. The summed E-state index contributed by atoms with van der Waals surface area (Å²) in [6.45, 7) is 1.53. The summed E-state index contributed by atoms with van der Waals surface area (Å²) in [4.78, 5) is 22.9. The van der Waals surface area contributed by atoms with Crippen molar-refractivity contribution in [1.29, 1.82) is 0 Å². The molecular formula is C16H17Cl2N5O. The van der Waals surface area contributed by atoms with Crippen LogP contribution in [0.3, 0.4) is 0 Å². The number of aromatic nitrogens is 2. The van der Waals surface area contributed by atoms with Gasteiger partial charge < -0.3 is 16.0 Å². The highest BCUT2D eigenvalue weighted by Gasteiger charge is 2.26. The molecule has 6 nitrogen and oxygen atoms in total. The van der Waals surface area contributed by atoms with E-state index in [9.17, 15) is 4.79 Å². The summed E-state index contributed by atoms with van der Waals surface area (Å²) in [6.07, 6.45) is 6.55. The van der Waals surface area contributed by atoms with Crippen molar-refractivity contribution in [2.24, 2.45) is 5.92 Å². The number of halogens is 2. The van der Waals surface area contributed by atoms with Crippen molar-refractivity contribution in [1.82, 2.24) is 9.97 Å². The number of benzene rings is 1. The van der Waals surface area contributed by atoms with E-state index in [4.69, 9.17) is 28.9 Å². The van der Waals surface area contributed by atoms with E-state index in [1.54, 1.807) is 30.7 Å². The first-order valence-corrected chi connectivity index (χ1v) is 8.36. The van der Waals surface area contributed by atoms with Gasteiger partial charge in [-0.1, -0.05) is 23.2 Å². The molecule has 0 unspecified atom stereocenters. The van der Waals surface area contributed by atoms with Gasteiger partial charge in [0.1, 0.15) is 5.82 Å². The molecule has 2 aromatic rings. The Hall–Kier alpha value is -2.05. The summed E-state index contributed by atoms with van der Waals surface area (Å²) in [6, 6.07) is 3.21. The number of carbonyl (C=O) groups excluding carboxylic acids is 1. The first-order chi connectivity index (χ1) is 11.5. The van der Waals surface area contributed by atoms with Gasteiger partial charge >= 0.3 is 0 Å². The second-order valence-electron chi connectivity index (χ2n) is 5.67. The molecule has 0 atom stereocenters. The summed E-state index contributed by atoms with van der Waals surface area (Å²) >= 11 is 12.0. The van der Waals surface area contributed by atoms with Crippen LogP contribution in [0.5, 0.6) is 0 Å². The number of carbonyl (C=O) groups is 1. The predicted molar refractivity (Wildman–Crippen MR) is 96.5 cm³/mol. The summed E-state index contributed by atoms with van der Waals surface area (Å²) in [5.41, 5.74) is 6.57. The highest BCUT2D eigenvalue weighted by atomic mass is 35.5. The van der Waals surface area contributed by atoms with Crippen LogP contribution in [0.2, 0.25) is 10.0 Å². The Balaban J connectivity index is 1.59. The van der Waals surface area contributed by atoms with Crippen LogP contribution in [0.4, 0.5) is 17.2 Å². The fraction of sp³-hybridized carbons (Fsp3) is 0.312. The molecule has 3 rings (SSSR count). The Morgan fingerprint density at radius 3 is 2.46 bits per heavy atom. The molecule has 1 fully saturated rings. The van der Waals surface area contributed by atoms with Gasteiger partial charge in [-0.25, -0.2) is 4.98 Å². The normalized spacial score (nSPS) is 15.3. The first kappa shape index (κ1) is 16.8. The number of nitrogens with one attached hydrogen (secondary N) is 1. The number of nitrogen functional groups attached to an aromatic ring is 1. The Morgan fingerprint density at radius 2 is 1.88 bits per heavy atom. The Kier molecular flexibility index (Phi) is 5.06. The average Bonchev–Trinajstić information content (AvgIpc) is 2.60. The number of piperidine rings is 1. The largest absolute Gasteiger partial charge is 0.396 e. The van der Waals surface area contributed by atoms with Crippen molar-refractivity contribution >= 4 is 46.3 Å². The molecule has 1 saturated heterocycles. The van der Waals surface area contributed by atoms with Crippen molar-refractivity contribution in [3.63, 3.8) is 0 Å². The zero-order chi connectivity index (χ0) is 17.1. The molecule has 1 aromatic heterocycles. The van der Waals surface area contributed by atoms with E-state index in [1.807, 2.05) is 0 Å². The lowest BCUT2D eigenvalue weighted by atomic mass is 9.96. The highest BCUT2D eigenvalue weighted by Crippen LogP contribution is 2.31. The van der Waals surface area contributed by atoms with Crippen LogP contribution in [0.15, 0.2) is 30.7 Å². The molecule has 0 saturated carbocycles. The van der Waals surface area contributed by atoms with Gasteiger partial charge in [0, 0.05) is 37.1 Å². The maximum absolute atomic E-state index is 12.4. The SMILES string of the molecule is Nc1c(Cl)cc(NC(=O)C2CCN(c3cnccn3)CC2)cc1Cl. The monoisotopic (exact) mass is 365 g/mol. The highest BCUT2D eigenvalue weighted by molar-refractivity contribution is 6.39. The molecule has 3 N–H and O–H groups in total. The van der Waals surface area contributed by atoms with Gasteiger partial charge in [-0.2, -0.15) is 0 Å². The second-order valence-corrected chi connectivity index (χ2v) is 6.48. The van der Waals surface area contributed by atoms with E-state index in [1.165, 1.54) is 0 Å². The fourth-order valence-corrected chi connectivity index (χ4v) is 3.21. The van der Waals surface area contributed by atoms with E-state index < -0.39 is 0 Å². The molecule has 126 valence electrons. The lowest BCUT2D eigenvalue weighted by Gasteiger charge is -2.31. The summed E-state index contributed by atoms with van der Waals surface area (Å²) < 4.78 is 0. The Bertz CT molecular complexity index is 709. The molecule has 0 radical (unpaired) electrons. The van der Waals surface area contributed by atoms with Gasteiger partial charge in [-0.15, -0.1) is 0 Å². The zero-order valence-corrected chi connectivity index (χ0v) is 14.4. The molecule has 24 heavy (non-hydrogen) atoms. The van der Waals surface area contributed by atoms with Crippen molar-refractivity contribution < 1.29 is 4.79 Å². The number of nitrogens with zero attached hydrogens (tertiary/aromatic N) is 3. The minimum atomic E-state index is -0.0620. The molecule has 0 spiro atoms. The van der Waals surface area contributed by atoms with E-state index in [0.29, 0.717) is 21.4 Å². The van der Waals surface area contributed by atoms with Crippen molar-refractivity contribution in [3.8, 4) is 0 Å². The summed E-state index contributed by atoms with van der Waals surface area (Å²) in [7, 11) is 0. The Labute approximate surface area is 150 Å². The topological polar surface area (TPSA) is 84.1 Å². The number of amides is 1. The van der Waals surface area contributed by atoms with E-state index in [-0.39, 0.29) is 11.8 Å². The maximum Gasteiger partial charge on any atom is 0.227 e. The van der Waals surface area contributed by atoms with Crippen LogP contribution < -0.4 is 16.0 Å². The fourth-order valence-electron chi connectivity index (χ4n) is 2.73. The van der Waals surface area contributed by atoms with Gasteiger partial charge in [0.05, 0.1) is 21.9 Å². The molecule has 0 aliphatic carbocycles. The van der Waals surface area contributed by atoms with E-state index >= 15 is 0 Å². The van der Waals surface area contributed by atoms with E-state index in [2.05, 4.69) is 20.2 Å². The predicted octanol–water partition coefficient (Wildman–Crippen LogP) is 3.22. The van der Waals surface area contributed by atoms with E-state index in [0.717, 1.165) is 31.7 Å². The van der Waals surface area contributed by atoms with Gasteiger partial charge in [-0.05, 0) is 25.0 Å². The summed E-state index contributed by atoms with van der Waals surface area (Å²) in [5.74, 6) is 0.743. The van der Waals surface area contributed by atoms with Gasteiger partial charge in [0.2, 0.25) is 5.91 Å². The third-order valence-corrected chi connectivity index (χ3v) is 4.71. The number of hydrogen-bond acceptors (Lipinski definition) is 5. The molecule has 2 heterocycles. The lowest BCUT2D eigenvalue weighted by Crippen LogP contribution is -2.38. The van der Waals surface area contributed by atoms with Crippen LogP contribution in [0, 0.1) is 5.92 Å². The molecule has 1 amide bonds. The zero-order valence-electron chi connectivity index (χ0n) is 12.9. The quantitative estimate of drug-likeness (QED) is 0.815. The van der Waals surface area contributed by atoms with Gasteiger partial charge in [-0.3, -0.25) is 9.78 Å². The number of hydrogen-bond donors (Lipinski definition) is 2. The smallest absolute Gasteiger partial charge is 0.227 e.